The average molecular weight is 599 g/mol. The van der Waals surface area contributed by atoms with Crippen molar-refractivity contribution >= 4 is 5.69 Å². The van der Waals surface area contributed by atoms with Gasteiger partial charge in [-0.1, -0.05) is 30.3 Å². The van der Waals surface area contributed by atoms with Crippen LogP contribution in [0, 0.1) is 5.92 Å². The molecule has 1 aliphatic heterocycles. The van der Waals surface area contributed by atoms with Crippen LogP contribution in [0.25, 0.3) is 11.1 Å². The zero-order valence-electron chi connectivity index (χ0n) is 20.9. The Bertz CT molecular complexity index is 1290. The lowest BCUT2D eigenvalue weighted by Crippen LogP contribution is -2.50. The summed E-state index contributed by atoms with van der Waals surface area (Å²) in [5.41, 5.74) is 1.44. The number of nitrogens with zero attached hydrogens (tertiary/aromatic N) is 1. The predicted molar refractivity (Wildman–Crippen MR) is 127 cm³/mol. The van der Waals surface area contributed by atoms with E-state index in [0.717, 1.165) is 24.3 Å². The molecule has 0 amide bonds. The lowest BCUT2D eigenvalue weighted by atomic mass is 9.81. The molecule has 0 saturated heterocycles. The third kappa shape index (κ3) is 7.27. The molecule has 2 aromatic rings. The molecule has 0 aromatic heterocycles. The number of anilines is 1. The van der Waals surface area contributed by atoms with Gasteiger partial charge in [0.15, 0.2) is 6.10 Å². The summed E-state index contributed by atoms with van der Waals surface area (Å²) in [4.78, 5) is 1.26. The maximum absolute atomic E-state index is 13.5. The second kappa shape index (κ2) is 11.5. The Hall–Kier alpha value is -3.42. The van der Waals surface area contributed by atoms with Gasteiger partial charge in [0.2, 0.25) is 0 Å². The standard InChI is InChI=1S/C27H23F10NO3/c28-24(29)26(33,34)40-17-6-2-5-16(13-17)21-11-10-20-19(15-4-1-7-18(12-15)41-27(35,36)37)8-3-9-22(20)38(21)14-23(39)25(30,31)32/h1-4,6-9,12-13,16,21,23-24,39H,5,10-11,14H2/t16?,21-,23+/m1/s1. The highest BCUT2D eigenvalue weighted by atomic mass is 19.4. The fourth-order valence-corrected chi connectivity index (χ4v) is 5.05. The van der Waals surface area contributed by atoms with Crippen molar-refractivity contribution in [1.29, 1.82) is 0 Å². The van der Waals surface area contributed by atoms with E-state index in [1.54, 1.807) is 6.07 Å². The summed E-state index contributed by atoms with van der Waals surface area (Å²) in [5, 5.41) is 9.95. The first-order valence-electron chi connectivity index (χ1n) is 12.3. The number of β-amino-alcohol motifs (C(OH)–C–C–N with tert-alkyl or cyclic N) is 1. The topological polar surface area (TPSA) is 41.9 Å². The normalized spacial score (nSPS) is 20.5. The highest BCUT2D eigenvalue weighted by Crippen LogP contribution is 2.43. The minimum absolute atomic E-state index is 0.140. The molecule has 1 N–H and O–H groups in total. The second-order valence-electron chi connectivity index (χ2n) is 9.53. The fraction of sp³-hybridized carbons (Fsp3) is 0.407. The van der Waals surface area contributed by atoms with Crippen molar-refractivity contribution in [2.24, 2.45) is 5.92 Å². The monoisotopic (exact) mass is 599 g/mol. The van der Waals surface area contributed by atoms with Gasteiger partial charge in [-0.3, -0.25) is 0 Å². The van der Waals surface area contributed by atoms with E-state index < -0.39 is 61.2 Å². The summed E-state index contributed by atoms with van der Waals surface area (Å²) in [6.07, 6.45) is -17.6. The number of hydrogen-bond acceptors (Lipinski definition) is 4. The van der Waals surface area contributed by atoms with Crippen LogP contribution in [0.4, 0.5) is 49.6 Å². The average Bonchev–Trinajstić information content (AvgIpc) is 2.87. The molecule has 41 heavy (non-hydrogen) atoms. The van der Waals surface area contributed by atoms with Crippen LogP contribution in [-0.4, -0.2) is 48.9 Å². The molecule has 224 valence electrons. The number of alkyl halides is 10. The van der Waals surface area contributed by atoms with E-state index in [1.165, 1.54) is 35.2 Å². The molecule has 0 saturated carbocycles. The SMILES string of the molecule is O[C@@H](CN1c2cccc(-c3cccc(OC(F)(F)F)c3)c2CC[C@@H]1C1C=C(OC(F)(F)C(F)F)C=CC1)C(F)(F)F. The van der Waals surface area contributed by atoms with Gasteiger partial charge in [-0.25, -0.2) is 0 Å². The number of hydrogen-bond donors (Lipinski definition) is 1. The molecule has 4 rings (SSSR count). The largest absolute Gasteiger partial charge is 0.573 e. The molecule has 1 unspecified atom stereocenters. The van der Waals surface area contributed by atoms with Crippen LogP contribution < -0.4 is 9.64 Å². The molecular weight excluding hydrogens is 576 g/mol. The van der Waals surface area contributed by atoms with Gasteiger partial charge in [0.1, 0.15) is 11.5 Å². The number of rotatable bonds is 8. The van der Waals surface area contributed by atoms with E-state index in [2.05, 4.69) is 9.47 Å². The molecule has 1 heterocycles. The van der Waals surface area contributed by atoms with Crippen molar-refractivity contribution < 1.29 is 58.5 Å². The second-order valence-corrected chi connectivity index (χ2v) is 9.53. The Morgan fingerprint density at radius 2 is 1.66 bits per heavy atom. The summed E-state index contributed by atoms with van der Waals surface area (Å²) < 4.78 is 139. The van der Waals surface area contributed by atoms with E-state index in [4.69, 9.17) is 0 Å². The van der Waals surface area contributed by atoms with Crippen molar-refractivity contribution in [2.45, 2.75) is 56.5 Å². The Kier molecular flexibility index (Phi) is 8.53. The van der Waals surface area contributed by atoms with Gasteiger partial charge in [0.05, 0.1) is 6.54 Å². The van der Waals surface area contributed by atoms with Crippen LogP contribution in [0.5, 0.6) is 5.75 Å². The van der Waals surface area contributed by atoms with Crippen LogP contribution in [0.2, 0.25) is 0 Å². The Morgan fingerprint density at radius 3 is 2.32 bits per heavy atom. The molecule has 0 fully saturated rings. The number of aliphatic hydroxyl groups excluding tert-OH is 1. The van der Waals surface area contributed by atoms with Gasteiger partial charge in [0.25, 0.3) is 0 Å². The summed E-state index contributed by atoms with van der Waals surface area (Å²) >= 11 is 0. The van der Waals surface area contributed by atoms with Gasteiger partial charge in [0, 0.05) is 17.6 Å². The number of halogens is 10. The summed E-state index contributed by atoms with van der Waals surface area (Å²) in [6, 6.07) is 8.78. The summed E-state index contributed by atoms with van der Waals surface area (Å²) in [7, 11) is 0. The summed E-state index contributed by atoms with van der Waals surface area (Å²) in [5.74, 6) is -1.84. The zero-order valence-corrected chi connectivity index (χ0v) is 20.9. The Labute approximate surface area is 227 Å². The Morgan fingerprint density at radius 1 is 0.951 bits per heavy atom. The first-order valence-corrected chi connectivity index (χ1v) is 12.3. The molecule has 2 aromatic carbocycles. The molecule has 3 atom stereocenters. The van der Waals surface area contributed by atoms with Crippen molar-refractivity contribution in [3.05, 3.63) is 72.0 Å². The maximum atomic E-state index is 13.5. The lowest BCUT2D eigenvalue weighted by Gasteiger charge is -2.44. The number of fused-ring (bicyclic) bond motifs is 1. The fourth-order valence-electron chi connectivity index (χ4n) is 5.05. The Balaban J connectivity index is 1.72. The van der Waals surface area contributed by atoms with Crippen LogP contribution in [-0.2, 0) is 11.2 Å². The zero-order chi connectivity index (χ0) is 30.2. The van der Waals surface area contributed by atoms with Gasteiger partial charge < -0.3 is 19.5 Å². The minimum Gasteiger partial charge on any atom is -0.429 e. The quantitative estimate of drug-likeness (QED) is 0.317. The molecule has 1 aliphatic carbocycles. The molecule has 14 heteroatoms. The first-order chi connectivity index (χ1) is 19.0. The van der Waals surface area contributed by atoms with Gasteiger partial charge in [-0.15, -0.1) is 13.2 Å². The third-order valence-corrected chi connectivity index (χ3v) is 6.75. The van der Waals surface area contributed by atoms with Crippen LogP contribution in [0.1, 0.15) is 18.4 Å². The van der Waals surface area contributed by atoms with Gasteiger partial charge in [-0.05, 0) is 66.3 Å². The van der Waals surface area contributed by atoms with Crippen LogP contribution >= 0.6 is 0 Å². The molecule has 0 radical (unpaired) electrons. The van der Waals surface area contributed by atoms with Crippen molar-refractivity contribution in [1.82, 2.24) is 0 Å². The van der Waals surface area contributed by atoms with E-state index in [0.29, 0.717) is 16.7 Å². The predicted octanol–water partition coefficient (Wildman–Crippen LogP) is 7.63. The molecule has 0 spiro atoms. The van der Waals surface area contributed by atoms with Gasteiger partial charge >= 0.3 is 25.1 Å². The van der Waals surface area contributed by atoms with Crippen LogP contribution in [0.15, 0.2) is 66.5 Å². The van der Waals surface area contributed by atoms with E-state index >= 15 is 0 Å². The minimum atomic E-state index is -5.00. The smallest absolute Gasteiger partial charge is 0.429 e. The van der Waals surface area contributed by atoms with E-state index in [9.17, 15) is 49.0 Å². The molecule has 2 aliphatic rings. The van der Waals surface area contributed by atoms with Crippen molar-refractivity contribution in [3.8, 4) is 16.9 Å². The maximum Gasteiger partial charge on any atom is 0.573 e. The molecule has 4 nitrogen and oxygen atoms in total. The third-order valence-electron chi connectivity index (χ3n) is 6.75. The lowest BCUT2D eigenvalue weighted by molar-refractivity contribution is -0.280. The van der Waals surface area contributed by atoms with E-state index in [1.807, 2.05) is 0 Å². The summed E-state index contributed by atoms with van der Waals surface area (Å²) in [6.45, 7) is -0.945. The first kappa shape index (κ1) is 30.5. The van der Waals surface area contributed by atoms with E-state index in [-0.39, 0.29) is 24.9 Å². The van der Waals surface area contributed by atoms with Crippen molar-refractivity contribution in [2.75, 3.05) is 11.4 Å². The highest BCUT2D eigenvalue weighted by Gasteiger charge is 2.45. The number of benzene rings is 2. The molecular formula is C27H23F10NO3. The number of ether oxygens (including phenoxy) is 2. The van der Waals surface area contributed by atoms with Crippen LogP contribution in [0.3, 0.4) is 0 Å². The number of aliphatic hydroxyl groups is 1. The van der Waals surface area contributed by atoms with Gasteiger partial charge in [-0.2, -0.15) is 30.7 Å². The number of allylic oxidation sites excluding steroid dienone is 2. The van der Waals surface area contributed by atoms with Crippen molar-refractivity contribution in [3.63, 3.8) is 0 Å². The molecule has 0 bridgehead atoms. The highest BCUT2D eigenvalue weighted by molar-refractivity contribution is 5.76.